The second-order valence-electron chi connectivity index (χ2n) is 2.75. The number of hydrogen-bond acceptors (Lipinski definition) is 5. The molecule has 6 heteroatoms. The average molecular weight is 333 g/mol. The summed E-state index contributed by atoms with van der Waals surface area (Å²) in [5, 5.41) is 0.565. The van der Waals surface area contributed by atoms with Crippen LogP contribution in [0.1, 0.15) is 12.7 Å². The molecule has 0 fully saturated rings. The zero-order valence-electron chi connectivity index (χ0n) is 7.98. The number of pyridine rings is 1. The van der Waals surface area contributed by atoms with Crippen LogP contribution in [0, 0.1) is 3.70 Å². The SMILES string of the molecule is CCc1nsc(Oc2ccc(I)nc2)n1. The normalized spacial score (nSPS) is 10.3. The molecule has 0 aliphatic carbocycles. The van der Waals surface area contributed by atoms with E-state index in [4.69, 9.17) is 4.74 Å². The van der Waals surface area contributed by atoms with Crippen LogP contribution < -0.4 is 4.74 Å². The van der Waals surface area contributed by atoms with Crippen LogP contribution in [0.15, 0.2) is 18.3 Å². The Labute approximate surface area is 105 Å². The van der Waals surface area contributed by atoms with Crippen molar-refractivity contribution in [3.05, 3.63) is 27.9 Å². The fourth-order valence-electron chi connectivity index (χ4n) is 0.946. The summed E-state index contributed by atoms with van der Waals surface area (Å²) in [4.78, 5) is 8.32. The molecule has 2 rings (SSSR count). The highest BCUT2D eigenvalue weighted by Crippen LogP contribution is 2.22. The van der Waals surface area contributed by atoms with Crippen molar-refractivity contribution >= 4 is 34.1 Å². The third-order valence-electron chi connectivity index (χ3n) is 1.67. The lowest BCUT2D eigenvalue weighted by Crippen LogP contribution is -1.87. The average Bonchev–Trinajstić information content (AvgIpc) is 2.69. The largest absolute Gasteiger partial charge is 0.428 e. The summed E-state index contributed by atoms with van der Waals surface area (Å²) in [6, 6.07) is 3.75. The van der Waals surface area contributed by atoms with Crippen molar-refractivity contribution < 1.29 is 4.74 Å². The molecule has 0 aromatic carbocycles. The predicted molar refractivity (Wildman–Crippen MR) is 66.3 cm³/mol. The first kappa shape index (κ1) is 10.7. The second kappa shape index (κ2) is 4.84. The van der Waals surface area contributed by atoms with E-state index in [1.807, 2.05) is 19.1 Å². The molecule has 2 heterocycles. The van der Waals surface area contributed by atoms with E-state index in [1.165, 1.54) is 11.5 Å². The van der Waals surface area contributed by atoms with E-state index in [9.17, 15) is 0 Å². The Morgan fingerprint density at radius 1 is 1.47 bits per heavy atom. The van der Waals surface area contributed by atoms with Gasteiger partial charge in [-0.15, -0.1) is 0 Å². The van der Waals surface area contributed by atoms with Crippen LogP contribution >= 0.6 is 34.1 Å². The van der Waals surface area contributed by atoms with E-state index in [1.54, 1.807) is 6.20 Å². The minimum absolute atomic E-state index is 0.565. The van der Waals surface area contributed by atoms with Crippen molar-refractivity contribution in [3.63, 3.8) is 0 Å². The quantitative estimate of drug-likeness (QED) is 0.640. The van der Waals surface area contributed by atoms with Gasteiger partial charge >= 0.3 is 0 Å². The van der Waals surface area contributed by atoms with Gasteiger partial charge in [0, 0.05) is 18.0 Å². The van der Waals surface area contributed by atoms with Gasteiger partial charge in [-0.05, 0) is 34.7 Å². The third kappa shape index (κ3) is 2.85. The maximum Gasteiger partial charge on any atom is 0.298 e. The first-order valence-electron chi connectivity index (χ1n) is 4.40. The summed E-state index contributed by atoms with van der Waals surface area (Å²) in [6.07, 6.45) is 2.50. The lowest BCUT2D eigenvalue weighted by Gasteiger charge is -1.99. The number of aryl methyl sites for hydroxylation is 1. The molecule has 0 aliphatic heterocycles. The topological polar surface area (TPSA) is 47.9 Å². The van der Waals surface area contributed by atoms with Crippen LogP contribution in [0.4, 0.5) is 0 Å². The number of aromatic nitrogens is 3. The van der Waals surface area contributed by atoms with E-state index in [-0.39, 0.29) is 0 Å². The van der Waals surface area contributed by atoms with Crippen molar-refractivity contribution in [2.75, 3.05) is 0 Å². The predicted octanol–water partition coefficient (Wildman–Crippen LogP) is 2.89. The summed E-state index contributed by atoms with van der Waals surface area (Å²) in [6.45, 7) is 2.01. The molecule has 0 spiro atoms. The molecule has 0 saturated heterocycles. The first-order valence-corrected chi connectivity index (χ1v) is 6.25. The Hall–Kier alpha value is -0.760. The molecular formula is C9H8IN3OS. The molecule has 0 radical (unpaired) electrons. The maximum absolute atomic E-state index is 5.49. The van der Waals surface area contributed by atoms with E-state index in [0.29, 0.717) is 10.9 Å². The van der Waals surface area contributed by atoms with Gasteiger partial charge in [-0.1, -0.05) is 6.92 Å². The number of rotatable bonds is 3. The Bertz CT molecular complexity index is 443. The zero-order valence-corrected chi connectivity index (χ0v) is 10.9. The summed E-state index contributed by atoms with van der Waals surface area (Å²) in [7, 11) is 0. The number of hydrogen-bond donors (Lipinski definition) is 0. The smallest absolute Gasteiger partial charge is 0.298 e. The molecule has 2 aromatic rings. The van der Waals surface area contributed by atoms with E-state index in [0.717, 1.165) is 15.9 Å². The maximum atomic E-state index is 5.49. The summed E-state index contributed by atoms with van der Waals surface area (Å²) < 4.78 is 10.6. The third-order valence-corrected chi connectivity index (χ3v) is 2.94. The van der Waals surface area contributed by atoms with Gasteiger partial charge in [-0.2, -0.15) is 9.36 Å². The van der Waals surface area contributed by atoms with Crippen LogP contribution in [0.3, 0.4) is 0 Å². The fraction of sp³-hybridized carbons (Fsp3) is 0.222. The molecule has 0 N–H and O–H groups in total. The van der Waals surface area contributed by atoms with Gasteiger partial charge in [0.25, 0.3) is 5.19 Å². The van der Waals surface area contributed by atoms with Crippen molar-refractivity contribution in [3.8, 4) is 10.9 Å². The van der Waals surface area contributed by atoms with Gasteiger partial charge in [-0.3, -0.25) is 0 Å². The van der Waals surface area contributed by atoms with Gasteiger partial charge < -0.3 is 4.74 Å². The van der Waals surface area contributed by atoms with Gasteiger partial charge in [0.2, 0.25) is 0 Å². The standard InChI is InChI=1S/C9H8IN3OS/c1-2-8-12-9(15-13-8)14-6-3-4-7(10)11-5-6/h3-5H,2H2,1H3. The number of nitrogens with zero attached hydrogens (tertiary/aromatic N) is 3. The molecule has 15 heavy (non-hydrogen) atoms. The van der Waals surface area contributed by atoms with Crippen LogP contribution in [-0.2, 0) is 6.42 Å². The Morgan fingerprint density at radius 3 is 2.93 bits per heavy atom. The highest BCUT2D eigenvalue weighted by Gasteiger charge is 2.04. The van der Waals surface area contributed by atoms with Crippen molar-refractivity contribution in [2.24, 2.45) is 0 Å². The van der Waals surface area contributed by atoms with E-state index >= 15 is 0 Å². The van der Waals surface area contributed by atoms with E-state index in [2.05, 4.69) is 36.9 Å². The van der Waals surface area contributed by atoms with Crippen LogP contribution in [0.5, 0.6) is 10.9 Å². The molecule has 0 bridgehead atoms. The molecule has 0 amide bonds. The highest BCUT2D eigenvalue weighted by atomic mass is 127. The molecule has 4 nitrogen and oxygen atoms in total. The molecule has 0 unspecified atom stereocenters. The fourth-order valence-corrected chi connectivity index (χ4v) is 1.90. The summed E-state index contributed by atoms with van der Waals surface area (Å²) in [5.74, 6) is 1.50. The Morgan fingerprint density at radius 2 is 2.33 bits per heavy atom. The number of ether oxygens (including phenoxy) is 1. The minimum atomic E-state index is 0.565. The highest BCUT2D eigenvalue weighted by molar-refractivity contribution is 14.1. The second-order valence-corrected chi connectivity index (χ2v) is 4.57. The lowest BCUT2D eigenvalue weighted by molar-refractivity contribution is 0.474. The van der Waals surface area contributed by atoms with Crippen LogP contribution in [0.25, 0.3) is 0 Å². The molecule has 0 aliphatic rings. The summed E-state index contributed by atoms with van der Waals surface area (Å²) in [5.41, 5.74) is 0. The lowest BCUT2D eigenvalue weighted by atomic mass is 10.5. The van der Waals surface area contributed by atoms with Gasteiger partial charge in [0.1, 0.15) is 15.3 Å². The Kier molecular flexibility index (Phi) is 3.47. The zero-order chi connectivity index (χ0) is 10.7. The summed E-state index contributed by atoms with van der Waals surface area (Å²) >= 11 is 3.41. The van der Waals surface area contributed by atoms with E-state index < -0.39 is 0 Å². The van der Waals surface area contributed by atoms with Crippen molar-refractivity contribution in [1.82, 2.24) is 14.3 Å². The Balaban J connectivity index is 2.11. The molecule has 2 aromatic heterocycles. The van der Waals surface area contributed by atoms with Gasteiger partial charge in [-0.25, -0.2) is 4.98 Å². The molecule has 0 atom stereocenters. The molecule has 78 valence electrons. The monoisotopic (exact) mass is 333 g/mol. The van der Waals surface area contributed by atoms with Crippen LogP contribution in [-0.4, -0.2) is 14.3 Å². The van der Waals surface area contributed by atoms with Gasteiger partial charge in [0.15, 0.2) is 0 Å². The van der Waals surface area contributed by atoms with Crippen LogP contribution in [0.2, 0.25) is 0 Å². The van der Waals surface area contributed by atoms with Crippen molar-refractivity contribution in [1.29, 1.82) is 0 Å². The molecular weight excluding hydrogens is 325 g/mol. The van der Waals surface area contributed by atoms with Crippen molar-refractivity contribution in [2.45, 2.75) is 13.3 Å². The minimum Gasteiger partial charge on any atom is -0.428 e. The number of halogens is 1. The first-order chi connectivity index (χ1) is 7.28. The molecule has 0 saturated carbocycles. The van der Waals surface area contributed by atoms with Gasteiger partial charge in [0.05, 0.1) is 6.20 Å².